The van der Waals surface area contributed by atoms with Gasteiger partial charge < -0.3 is 0 Å². The highest BCUT2D eigenvalue weighted by atomic mass is 15.3. The molecule has 1 aliphatic carbocycles. The smallest absolute Gasteiger partial charge is 0.0503 e. The van der Waals surface area contributed by atoms with Crippen molar-refractivity contribution in [2.45, 2.75) is 86.5 Å². The molecule has 2 aliphatic rings. The van der Waals surface area contributed by atoms with Crippen molar-refractivity contribution >= 4 is 5.71 Å². The molecule has 1 aliphatic heterocycles. The summed E-state index contributed by atoms with van der Waals surface area (Å²) in [5.41, 5.74) is 4.96. The summed E-state index contributed by atoms with van der Waals surface area (Å²) in [6, 6.07) is 0. The van der Waals surface area contributed by atoms with Gasteiger partial charge in [0.05, 0.1) is 6.67 Å². The molecular formula is C33H55N3. The molecular weight excluding hydrogens is 438 g/mol. The highest BCUT2D eigenvalue weighted by Crippen LogP contribution is 2.30. The first-order valence-corrected chi connectivity index (χ1v) is 14.5. The average Bonchev–Trinajstić information content (AvgIpc) is 2.85. The van der Waals surface area contributed by atoms with Gasteiger partial charge in [-0.1, -0.05) is 75.8 Å². The summed E-state index contributed by atoms with van der Waals surface area (Å²) < 4.78 is 0. The minimum atomic E-state index is 0.500. The Labute approximate surface area is 223 Å². The van der Waals surface area contributed by atoms with Gasteiger partial charge in [-0.15, -0.1) is 0 Å². The van der Waals surface area contributed by atoms with E-state index >= 15 is 0 Å². The fourth-order valence-corrected chi connectivity index (χ4v) is 5.43. The van der Waals surface area contributed by atoms with Crippen molar-refractivity contribution in [1.82, 2.24) is 9.80 Å². The fourth-order valence-electron chi connectivity index (χ4n) is 5.43. The standard InChI is InChI=1S/C33H55N3/c1-9-11-12-13-32-22-26(3)14-15-27(4)23-33(29(6)24-32)34-30(7)28(5)16-19-35(8)25-36-20-17-31(10-2)18-21-36/h9,11-15,26-27,31-32H,5,10,16-25H2,1-4,6-8H3/b11-9+,13-12-,15-14-,33-29+,34-30?. The van der Waals surface area contributed by atoms with Gasteiger partial charge in [0, 0.05) is 18.0 Å². The van der Waals surface area contributed by atoms with Gasteiger partial charge in [-0.3, -0.25) is 14.8 Å². The van der Waals surface area contributed by atoms with Crippen LogP contribution < -0.4 is 0 Å². The summed E-state index contributed by atoms with van der Waals surface area (Å²) >= 11 is 0. The molecule has 3 heteroatoms. The van der Waals surface area contributed by atoms with Crippen LogP contribution in [0.1, 0.15) is 86.5 Å². The van der Waals surface area contributed by atoms with E-state index in [1.54, 1.807) is 0 Å². The zero-order valence-corrected chi connectivity index (χ0v) is 24.6. The number of nitrogens with zero attached hydrogens (tertiary/aromatic N) is 3. The van der Waals surface area contributed by atoms with Crippen LogP contribution in [-0.4, -0.2) is 48.9 Å². The second-order valence-corrected chi connectivity index (χ2v) is 11.6. The third-order valence-corrected chi connectivity index (χ3v) is 8.04. The molecule has 0 aromatic heterocycles. The molecule has 0 amide bonds. The van der Waals surface area contributed by atoms with E-state index < -0.39 is 0 Å². The molecule has 0 radical (unpaired) electrons. The lowest BCUT2D eigenvalue weighted by Gasteiger charge is -2.34. The lowest BCUT2D eigenvalue weighted by molar-refractivity contribution is 0.111. The molecule has 0 spiro atoms. The van der Waals surface area contributed by atoms with Gasteiger partial charge in [-0.2, -0.15) is 0 Å². The van der Waals surface area contributed by atoms with Gasteiger partial charge in [0.25, 0.3) is 0 Å². The number of piperidine rings is 1. The van der Waals surface area contributed by atoms with Crippen LogP contribution in [0.4, 0.5) is 0 Å². The van der Waals surface area contributed by atoms with Crippen molar-refractivity contribution < 1.29 is 0 Å². The molecule has 0 saturated carbocycles. The molecule has 0 N–H and O–H groups in total. The molecule has 1 heterocycles. The van der Waals surface area contributed by atoms with Gasteiger partial charge in [0.1, 0.15) is 0 Å². The van der Waals surface area contributed by atoms with Crippen molar-refractivity contribution in [3.05, 3.63) is 59.9 Å². The summed E-state index contributed by atoms with van der Waals surface area (Å²) in [5, 5.41) is 0. The number of hydrogen-bond donors (Lipinski definition) is 0. The van der Waals surface area contributed by atoms with Crippen molar-refractivity contribution in [3.8, 4) is 0 Å². The Morgan fingerprint density at radius 3 is 2.50 bits per heavy atom. The zero-order valence-electron chi connectivity index (χ0n) is 24.6. The van der Waals surface area contributed by atoms with E-state index in [1.807, 2.05) is 0 Å². The Bertz CT molecular complexity index is 820. The number of hydrogen-bond acceptors (Lipinski definition) is 3. The van der Waals surface area contributed by atoms with E-state index in [9.17, 15) is 0 Å². The van der Waals surface area contributed by atoms with Crippen molar-refractivity contribution in [3.63, 3.8) is 0 Å². The normalized spacial score (nSPS) is 28.9. The molecule has 36 heavy (non-hydrogen) atoms. The second-order valence-electron chi connectivity index (χ2n) is 11.6. The first-order chi connectivity index (χ1) is 17.2. The number of likely N-dealkylation sites (tertiary alicyclic amines) is 1. The van der Waals surface area contributed by atoms with E-state index in [0.29, 0.717) is 17.8 Å². The Balaban J connectivity index is 2.01. The van der Waals surface area contributed by atoms with Crippen LogP contribution >= 0.6 is 0 Å². The molecule has 3 atom stereocenters. The summed E-state index contributed by atoms with van der Waals surface area (Å²) in [5.74, 6) is 2.58. The van der Waals surface area contributed by atoms with Crippen molar-refractivity contribution in [2.24, 2.45) is 28.7 Å². The quantitative estimate of drug-likeness (QED) is 0.173. The summed E-state index contributed by atoms with van der Waals surface area (Å²) in [4.78, 5) is 10.3. The van der Waals surface area contributed by atoms with Gasteiger partial charge in [-0.05, 0) is 109 Å². The Kier molecular flexibility index (Phi) is 13.7. The molecule has 0 aromatic rings. The summed E-state index contributed by atoms with van der Waals surface area (Å²) in [7, 11) is 2.25. The van der Waals surface area contributed by atoms with Gasteiger partial charge >= 0.3 is 0 Å². The first kappa shape index (κ1) is 30.5. The van der Waals surface area contributed by atoms with Crippen LogP contribution in [0.5, 0.6) is 0 Å². The van der Waals surface area contributed by atoms with Crippen LogP contribution in [-0.2, 0) is 0 Å². The molecule has 0 bridgehead atoms. The Morgan fingerprint density at radius 1 is 1.14 bits per heavy atom. The maximum atomic E-state index is 5.20. The predicted octanol–water partition coefficient (Wildman–Crippen LogP) is 8.44. The van der Waals surface area contributed by atoms with E-state index in [0.717, 1.165) is 44.1 Å². The maximum Gasteiger partial charge on any atom is 0.0503 e. The molecule has 3 unspecified atom stereocenters. The lowest BCUT2D eigenvalue weighted by atomic mass is 9.86. The predicted molar refractivity (Wildman–Crippen MR) is 160 cm³/mol. The van der Waals surface area contributed by atoms with Crippen molar-refractivity contribution in [2.75, 3.05) is 33.4 Å². The van der Waals surface area contributed by atoms with E-state index in [-0.39, 0.29) is 0 Å². The SMILES string of the molecule is C=C(CCN(C)CN1CCC(CC)CC1)C(C)=N/C1=C(\C)CC(/C=C\C=C\C)CC(C)/C=C\C(C)C1. The molecule has 0 aromatic carbocycles. The van der Waals surface area contributed by atoms with E-state index in [2.05, 4.69) is 101 Å². The third kappa shape index (κ3) is 11.1. The summed E-state index contributed by atoms with van der Waals surface area (Å²) in [6.07, 6.45) is 21.9. The lowest BCUT2D eigenvalue weighted by Crippen LogP contribution is -2.41. The van der Waals surface area contributed by atoms with Gasteiger partial charge in [-0.25, -0.2) is 0 Å². The zero-order chi connectivity index (χ0) is 26.5. The first-order valence-electron chi connectivity index (χ1n) is 14.5. The molecule has 202 valence electrons. The van der Waals surface area contributed by atoms with E-state index in [4.69, 9.17) is 4.99 Å². The molecule has 1 fully saturated rings. The van der Waals surface area contributed by atoms with Crippen LogP contribution in [0.25, 0.3) is 0 Å². The Morgan fingerprint density at radius 2 is 1.83 bits per heavy atom. The van der Waals surface area contributed by atoms with Crippen molar-refractivity contribution in [1.29, 1.82) is 0 Å². The number of aliphatic imine (C=N–C) groups is 1. The van der Waals surface area contributed by atoms with Crippen LogP contribution in [0.15, 0.2) is 64.9 Å². The number of rotatable bonds is 10. The van der Waals surface area contributed by atoms with Crippen LogP contribution in [0.2, 0.25) is 0 Å². The minimum absolute atomic E-state index is 0.500. The highest BCUT2D eigenvalue weighted by Gasteiger charge is 2.19. The molecule has 2 rings (SSSR count). The maximum absolute atomic E-state index is 5.20. The van der Waals surface area contributed by atoms with Crippen LogP contribution in [0, 0.1) is 23.7 Å². The molecule has 3 nitrogen and oxygen atoms in total. The molecule has 1 saturated heterocycles. The Hall–Kier alpha value is -1.71. The largest absolute Gasteiger partial charge is 0.293 e. The number of allylic oxidation sites excluding steroid dienone is 8. The minimum Gasteiger partial charge on any atom is -0.293 e. The summed E-state index contributed by atoms with van der Waals surface area (Å²) in [6.45, 7) is 22.5. The highest BCUT2D eigenvalue weighted by molar-refractivity contribution is 5.98. The second kappa shape index (κ2) is 16.2. The van der Waals surface area contributed by atoms with Gasteiger partial charge in [0.15, 0.2) is 0 Å². The van der Waals surface area contributed by atoms with E-state index in [1.165, 1.54) is 55.6 Å². The fraction of sp³-hybridized carbons (Fsp3) is 0.667. The average molecular weight is 494 g/mol. The monoisotopic (exact) mass is 493 g/mol. The third-order valence-electron chi connectivity index (χ3n) is 8.04. The topological polar surface area (TPSA) is 18.8 Å². The van der Waals surface area contributed by atoms with Gasteiger partial charge in [0.2, 0.25) is 0 Å². The van der Waals surface area contributed by atoms with Crippen LogP contribution in [0.3, 0.4) is 0 Å².